The van der Waals surface area contributed by atoms with Crippen LogP contribution in [0.25, 0.3) is 0 Å². The number of carbonyl (C=O) groups is 2. The number of carboxylic acid groups (broad SMARTS) is 1. The van der Waals surface area contributed by atoms with E-state index >= 15 is 0 Å². The van der Waals surface area contributed by atoms with Gasteiger partial charge in [-0.25, -0.2) is 4.79 Å². The molecule has 2 heterocycles. The number of aliphatic carboxylic acids is 1. The lowest BCUT2D eigenvalue weighted by Gasteiger charge is -2.32. The number of amides is 1. The van der Waals surface area contributed by atoms with E-state index in [2.05, 4.69) is 5.10 Å². The van der Waals surface area contributed by atoms with Crippen LogP contribution >= 0.6 is 0 Å². The highest BCUT2D eigenvalue weighted by atomic mass is 16.5. The smallest absolute Gasteiger partial charge is 0.326 e. The third-order valence-corrected chi connectivity index (χ3v) is 5.06. The summed E-state index contributed by atoms with van der Waals surface area (Å²) in [4.78, 5) is 25.6. The van der Waals surface area contributed by atoms with Crippen LogP contribution in [0.3, 0.4) is 0 Å². The fourth-order valence-corrected chi connectivity index (χ4v) is 3.90. The molecule has 0 radical (unpaired) electrons. The van der Waals surface area contributed by atoms with Crippen molar-refractivity contribution >= 4 is 11.9 Å². The van der Waals surface area contributed by atoms with Gasteiger partial charge in [-0.2, -0.15) is 5.10 Å². The molecule has 3 unspecified atom stereocenters. The number of nitrogens with zero attached hydrogens (tertiary/aromatic N) is 3. The van der Waals surface area contributed by atoms with Gasteiger partial charge in [-0.05, 0) is 31.2 Å². The maximum atomic E-state index is 12.5. The molecule has 2 fully saturated rings. The molecule has 0 aromatic carbocycles. The number of fused-ring (bicyclic) bond motifs is 1. The summed E-state index contributed by atoms with van der Waals surface area (Å²) in [6.45, 7) is 0.208. The number of ether oxygens (including phenoxy) is 1. The van der Waals surface area contributed by atoms with Gasteiger partial charge >= 0.3 is 5.97 Å². The molecule has 1 saturated carbocycles. The van der Waals surface area contributed by atoms with Crippen molar-refractivity contribution in [1.82, 2.24) is 14.7 Å². The lowest BCUT2D eigenvalue weighted by Crippen LogP contribution is -2.47. The number of rotatable bonds is 5. The number of hydrogen-bond donors (Lipinski definition) is 1. The Balaban J connectivity index is 1.61. The highest BCUT2D eigenvalue weighted by molar-refractivity contribution is 5.85. The number of likely N-dealkylation sites (tertiary alicyclic amines) is 1. The normalized spacial score (nSPS) is 27.0. The van der Waals surface area contributed by atoms with Crippen molar-refractivity contribution in [3.8, 4) is 0 Å². The van der Waals surface area contributed by atoms with Crippen LogP contribution in [-0.4, -0.2) is 50.4 Å². The Kier molecular flexibility index (Phi) is 4.66. The van der Waals surface area contributed by atoms with Gasteiger partial charge in [0.05, 0.1) is 12.3 Å². The van der Waals surface area contributed by atoms with E-state index in [4.69, 9.17) is 4.74 Å². The molecule has 3 atom stereocenters. The lowest BCUT2D eigenvalue weighted by molar-refractivity contribution is -0.152. The van der Waals surface area contributed by atoms with E-state index < -0.39 is 12.0 Å². The molecule has 1 amide bonds. The number of carbonyl (C=O) groups excluding carboxylic acids is 1. The molecule has 3 rings (SSSR count). The molecule has 1 aromatic heterocycles. The Morgan fingerprint density at radius 3 is 2.87 bits per heavy atom. The quantitative estimate of drug-likeness (QED) is 0.880. The van der Waals surface area contributed by atoms with Crippen molar-refractivity contribution in [3.63, 3.8) is 0 Å². The molecule has 2 aliphatic rings. The zero-order valence-corrected chi connectivity index (χ0v) is 13.4. The fourth-order valence-electron chi connectivity index (χ4n) is 3.90. The average Bonchev–Trinajstić information content (AvgIpc) is 3.11. The molecule has 1 saturated heterocycles. The van der Waals surface area contributed by atoms with Crippen LogP contribution in [0.2, 0.25) is 0 Å². The van der Waals surface area contributed by atoms with Gasteiger partial charge in [-0.3, -0.25) is 9.48 Å². The topological polar surface area (TPSA) is 84.7 Å². The van der Waals surface area contributed by atoms with Gasteiger partial charge in [-0.1, -0.05) is 12.8 Å². The van der Waals surface area contributed by atoms with Gasteiger partial charge in [0.15, 0.2) is 0 Å². The van der Waals surface area contributed by atoms with E-state index in [1.807, 2.05) is 13.1 Å². The summed E-state index contributed by atoms with van der Waals surface area (Å²) in [6, 6.07) is 1.20. The fraction of sp³-hybridized carbons (Fsp3) is 0.688. The maximum Gasteiger partial charge on any atom is 0.326 e. The van der Waals surface area contributed by atoms with E-state index in [-0.39, 0.29) is 18.6 Å². The van der Waals surface area contributed by atoms with Crippen molar-refractivity contribution in [2.75, 3.05) is 6.61 Å². The first-order chi connectivity index (χ1) is 11.1. The predicted octanol–water partition coefficient (Wildman–Crippen LogP) is 1.18. The Hall–Kier alpha value is -1.89. The minimum absolute atomic E-state index is 0.0673. The second-order valence-corrected chi connectivity index (χ2v) is 6.44. The zero-order chi connectivity index (χ0) is 16.4. The average molecular weight is 321 g/mol. The monoisotopic (exact) mass is 321 g/mol. The van der Waals surface area contributed by atoms with Crippen molar-refractivity contribution < 1.29 is 19.4 Å². The summed E-state index contributed by atoms with van der Waals surface area (Å²) in [7, 11) is 1.81. The molecular formula is C16H23N3O4. The van der Waals surface area contributed by atoms with Gasteiger partial charge in [0, 0.05) is 19.3 Å². The number of hydrogen-bond acceptors (Lipinski definition) is 4. The van der Waals surface area contributed by atoms with E-state index in [9.17, 15) is 14.7 Å². The van der Waals surface area contributed by atoms with Crippen LogP contribution in [0, 0.1) is 5.92 Å². The van der Waals surface area contributed by atoms with Gasteiger partial charge in [0.2, 0.25) is 5.91 Å². The minimum Gasteiger partial charge on any atom is -0.480 e. The van der Waals surface area contributed by atoms with E-state index in [1.54, 1.807) is 15.8 Å². The van der Waals surface area contributed by atoms with Gasteiger partial charge in [-0.15, -0.1) is 0 Å². The Morgan fingerprint density at radius 1 is 1.39 bits per heavy atom. The summed E-state index contributed by atoms with van der Waals surface area (Å²) in [5.41, 5.74) is 0.879. The second kappa shape index (κ2) is 6.70. The van der Waals surface area contributed by atoms with Gasteiger partial charge in [0.25, 0.3) is 0 Å². The molecule has 1 N–H and O–H groups in total. The Morgan fingerprint density at radius 2 is 2.17 bits per heavy atom. The summed E-state index contributed by atoms with van der Waals surface area (Å²) >= 11 is 0. The first kappa shape index (κ1) is 16.0. The van der Waals surface area contributed by atoms with E-state index in [1.165, 1.54) is 0 Å². The van der Waals surface area contributed by atoms with Crippen molar-refractivity contribution in [2.45, 2.75) is 50.8 Å². The van der Waals surface area contributed by atoms with Gasteiger partial charge < -0.3 is 14.7 Å². The van der Waals surface area contributed by atoms with Crippen LogP contribution in [0.5, 0.6) is 0 Å². The first-order valence-electron chi connectivity index (χ1n) is 8.16. The van der Waals surface area contributed by atoms with Crippen LogP contribution < -0.4 is 0 Å². The third-order valence-electron chi connectivity index (χ3n) is 5.06. The highest BCUT2D eigenvalue weighted by Crippen LogP contribution is 2.39. The summed E-state index contributed by atoms with van der Waals surface area (Å²) in [5.74, 6) is -0.792. The molecule has 7 nitrogen and oxygen atoms in total. The molecule has 0 bridgehead atoms. The van der Waals surface area contributed by atoms with Crippen molar-refractivity contribution in [2.24, 2.45) is 13.0 Å². The highest BCUT2D eigenvalue weighted by Gasteiger charge is 2.47. The molecule has 0 spiro atoms. The first-order valence-corrected chi connectivity index (χ1v) is 8.16. The number of aryl methyl sites for hydroxylation is 1. The van der Waals surface area contributed by atoms with E-state index in [0.717, 1.165) is 31.4 Å². The summed E-state index contributed by atoms with van der Waals surface area (Å²) in [6.07, 6.45) is 6.37. The van der Waals surface area contributed by atoms with Crippen molar-refractivity contribution in [1.29, 1.82) is 0 Å². The van der Waals surface area contributed by atoms with Crippen molar-refractivity contribution in [3.05, 3.63) is 18.0 Å². The van der Waals surface area contributed by atoms with Crippen LogP contribution in [-0.2, 0) is 28.0 Å². The molecular weight excluding hydrogens is 298 g/mol. The molecule has 7 heteroatoms. The largest absolute Gasteiger partial charge is 0.480 e. The van der Waals surface area contributed by atoms with Crippen LogP contribution in [0.4, 0.5) is 0 Å². The predicted molar refractivity (Wildman–Crippen MR) is 81.5 cm³/mol. The Labute approximate surface area is 135 Å². The number of carboxylic acids is 1. The van der Waals surface area contributed by atoms with Crippen LogP contribution in [0.1, 0.15) is 37.8 Å². The standard InChI is InChI=1S/C16H23N3O4/c1-18-12(6-7-17-18)9-23-10-15(20)19-13-5-3-2-4-11(13)8-14(19)16(21)22/h6-7,11,13-14H,2-5,8-10H2,1H3,(H,21,22). The van der Waals surface area contributed by atoms with Crippen LogP contribution in [0.15, 0.2) is 12.3 Å². The van der Waals surface area contributed by atoms with E-state index in [0.29, 0.717) is 18.9 Å². The maximum absolute atomic E-state index is 12.5. The summed E-state index contributed by atoms with van der Waals surface area (Å²) in [5, 5.41) is 13.5. The molecule has 126 valence electrons. The molecule has 1 aromatic rings. The zero-order valence-electron chi connectivity index (χ0n) is 13.4. The van der Waals surface area contributed by atoms with Gasteiger partial charge in [0.1, 0.15) is 12.6 Å². The Bertz CT molecular complexity index is 586. The molecule has 1 aliphatic carbocycles. The number of aromatic nitrogens is 2. The summed E-state index contributed by atoms with van der Waals surface area (Å²) < 4.78 is 7.19. The second-order valence-electron chi connectivity index (χ2n) is 6.44. The minimum atomic E-state index is -0.903. The third kappa shape index (κ3) is 3.24. The SMILES string of the molecule is Cn1nccc1COCC(=O)N1C(C(=O)O)CC2CCCCC21. The molecule has 1 aliphatic heterocycles. The molecule has 23 heavy (non-hydrogen) atoms. The lowest BCUT2D eigenvalue weighted by atomic mass is 9.85.